The topological polar surface area (TPSA) is 98.3 Å². The molecule has 0 spiro atoms. The summed E-state index contributed by atoms with van der Waals surface area (Å²) in [6.07, 6.45) is 1.89. The zero-order chi connectivity index (χ0) is 20.6. The van der Waals surface area contributed by atoms with E-state index in [1.54, 1.807) is 7.11 Å². The number of aromatic nitrogens is 2. The van der Waals surface area contributed by atoms with Gasteiger partial charge in [0.15, 0.2) is 5.16 Å². The third-order valence-electron chi connectivity index (χ3n) is 4.52. The number of carbonyl (C=O) groups is 1. The summed E-state index contributed by atoms with van der Waals surface area (Å²) < 4.78 is 5.32. The van der Waals surface area contributed by atoms with Crippen LogP contribution in [0.5, 0.6) is 11.5 Å². The van der Waals surface area contributed by atoms with Crippen molar-refractivity contribution in [2.75, 3.05) is 13.4 Å². The highest BCUT2D eigenvalue weighted by Gasteiger charge is 2.28. The van der Waals surface area contributed by atoms with Gasteiger partial charge in [0.05, 0.1) is 29.3 Å². The third kappa shape index (κ3) is 3.49. The largest absolute Gasteiger partial charge is 0.506 e. The number of aromatic hydroxyl groups is 1. The van der Waals surface area contributed by atoms with E-state index in [2.05, 4.69) is 9.97 Å². The van der Waals surface area contributed by atoms with Crippen molar-refractivity contribution in [1.82, 2.24) is 9.97 Å². The number of rotatable bonds is 4. The van der Waals surface area contributed by atoms with E-state index in [0.29, 0.717) is 33.1 Å². The molecule has 0 saturated carbocycles. The monoisotopic (exact) mass is 397 g/mol. The van der Waals surface area contributed by atoms with Gasteiger partial charge in [0.25, 0.3) is 5.91 Å². The number of benzene rings is 2. The summed E-state index contributed by atoms with van der Waals surface area (Å²) in [5.74, 6) is -0.217. The van der Waals surface area contributed by atoms with Crippen molar-refractivity contribution in [3.8, 4) is 22.8 Å². The first-order chi connectivity index (χ1) is 13.2. The molecule has 0 radical (unpaired) electrons. The van der Waals surface area contributed by atoms with Crippen molar-refractivity contribution in [2.24, 2.45) is 5.73 Å². The molecule has 2 aromatic carbocycles. The number of ether oxygens (including phenoxy) is 1. The van der Waals surface area contributed by atoms with Crippen LogP contribution in [-0.2, 0) is 5.41 Å². The minimum absolute atomic E-state index is 0.102. The second-order valence-corrected chi connectivity index (χ2v) is 8.22. The standard InChI is InChI=1S/C21H23N3O3S/c1-21(2,3)13-10-14-16(18(25)15(13)19(22)26)17(24-20(23-14)28-5)11-7-6-8-12(9-11)27-4/h6-10,25H,1-5H3,(H2,22,26). The molecule has 6 nitrogen and oxygen atoms in total. The average molecular weight is 398 g/mol. The number of hydrogen-bond acceptors (Lipinski definition) is 6. The predicted molar refractivity (Wildman–Crippen MR) is 112 cm³/mol. The van der Waals surface area contributed by atoms with Gasteiger partial charge in [-0.1, -0.05) is 44.7 Å². The van der Waals surface area contributed by atoms with Crippen LogP contribution in [0.4, 0.5) is 0 Å². The van der Waals surface area contributed by atoms with Gasteiger partial charge in [0.1, 0.15) is 11.5 Å². The Hall–Kier alpha value is -2.80. The van der Waals surface area contributed by atoms with E-state index in [1.807, 2.05) is 57.4 Å². The maximum Gasteiger partial charge on any atom is 0.252 e. The number of nitrogens with two attached hydrogens (primary N) is 1. The molecule has 3 aromatic rings. The summed E-state index contributed by atoms with van der Waals surface area (Å²) >= 11 is 1.41. The Morgan fingerprint density at radius 2 is 1.93 bits per heavy atom. The SMILES string of the molecule is COc1cccc(-c2nc(SC)nc3cc(C(C)(C)C)c(C(N)=O)c(O)c23)c1. The van der Waals surface area contributed by atoms with Crippen LogP contribution in [0.15, 0.2) is 35.5 Å². The van der Waals surface area contributed by atoms with Gasteiger partial charge in [0, 0.05) is 5.56 Å². The molecule has 146 valence electrons. The molecular weight excluding hydrogens is 374 g/mol. The Balaban J connectivity index is 2.48. The molecular formula is C21H23N3O3S. The molecule has 0 fully saturated rings. The molecule has 0 unspecified atom stereocenters. The molecule has 0 aliphatic heterocycles. The highest BCUT2D eigenvalue weighted by atomic mass is 32.2. The smallest absolute Gasteiger partial charge is 0.252 e. The van der Waals surface area contributed by atoms with Crippen LogP contribution in [0.1, 0.15) is 36.7 Å². The van der Waals surface area contributed by atoms with Crippen LogP contribution in [0.3, 0.4) is 0 Å². The van der Waals surface area contributed by atoms with Gasteiger partial charge in [-0.3, -0.25) is 4.79 Å². The Bertz CT molecular complexity index is 1070. The lowest BCUT2D eigenvalue weighted by Gasteiger charge is -2.24. The molecule has 1 heterocycles. The van der Waals surface area contributed by atoms with Gasteiger partial charge < -0.3 is 15.6 Å². The molecule has 1 aromatic heterocycles. The van der Waals surface area contributed by atoms with E-state index in [9.17, 15) is 9.90 Å². The zero-order valence-electron chi connectivity index (χ0n) is 16.5. The number of primary amides is 1. The number of hydrogen-bond donors (Lipinski definition) is 2. The Kier molecular flexibility index (Phi) is 5.21. The molecule has 0 atom stereocenters. The second kappa shape index (κ2) is 7.31. The average Bonchev–Trinajstić information content (AvgIpc) is 2.65. The summed E-state index contributed by atoms with van der Waals surface area (Å²) in [7, 11) is 1.59. The Labute approximate surface area is 168 Å². The van der Waals surface area contributed by atoms with Gasteiger partial charge in [-0.05, 0) is 35.4 Å². The summed E-state index contributed by atoms with van der Waals surface area (Å²) in [6.45, 7) is 5.87. The van der Waals surface area contributed by atoms with Gasteiger partial charge in [-0.25, -0.2) is 9.97 Å². The highest BCUT2D eigenvalue weighted by Crippen LogP contribution is 2.41. The number of fused-ring (bicyclic) bond motifs is 1. The van der Waals surface area contributed by atoms with Gasteiger partial charge in [-0.2, -0.15) is 0 Å². The quantitative estimate of drug-likeness (QED) is 0.507. The molecule has 0 aliphatic carbocycles. The van der Waals surface area contributed by atoms with Gasteiger partial charge in [0.2, 0.25) is 0 Å². The van der Waals surface area contributed by atoms with E-state index in [0.717, 1.165) is 5.56 Å². The van der Waals surface area contributed by atoms with Crippen LogP contribution in [0, 0.1) is 0 Å². The van der Waals surface area contributed by atoms with Crippen molar-refractivity contribution in [2.45, 2.75) is 31.3 Å². The summed E-state index contributed by atoms with van der Waals surface area (Å²) in [4.78, 5) is 21.4. The highest BCUT2D eigenvalue weighted by molar-refractivity contribution is 7.98. The van der Waals surface area contributed by atoms with E-state index < -0.39 is 11.3 Å². The van der Waals surface area contributed by atoms with Crippen molar-refractivity contribution in [1.29, 1.82) is 0 Å². The van der Waals surface area contributed by atoms with Crippen molar-refractivity contribution in [3.05, 3.63) is 41.5 Å². The minimum atomic E-state index is -0.685. The fourth-order valence-electron chi connectivity index (χ4n) is 3.17. The van der Waals surface area contributed by atoms with Crippen LogP contribution in [0.25, 0.3) is 22.2 Å². The first kappa shape index (κ1) is 19.9. The molecule has 28 heavy (non-hydrogen) atoms. The second-order valence-electron chi connectivity index (χ2n) is 7.45. The molecule has 0 saturated heterocycles. The van der Waals surface area contributed by atoms with Crippen LogP contribution in [-0.4, -0.2) is 34.3 Å². The number of thioether (sulfide) groups is 1. The lowest BCUT2D eigenvalue weighted by Crippen LogP contribution is -2.21. The lowest BCUT2D eigenvalue weighted by molar-refractivity contribution is 0.0996. The normalized spacial score (nSPS) is 11.6. The van der Waals surface area contributed by atoms with Crippen LogP contribution < -0.4 is 10.5 Å². The molecule has 3 rings (SSSR count). The summed E-state index contributed by atoms with van der Waals surface area (Å²) in [6, 6.07) is 9.19. The predicted octanol–water partition coefficient (Wildman–Crippen LogP) is 4.13. The van der Waals surface area contributed by atoms with E-state index in [-0.39, 0.29) is 11.3 Å². The maximum atomic E-state index is 12.2. The van der Waals surface area contributed by atoms with E-state index in [4.69, 9.17) is 10.5 Å². The first-order valence-electron chi connectivity index (χ1n) is 8.73. The van der Waals surface area contributed by atoms with Crippen molar-refractivity contribution >= 4 is 28.6 Å². The van der Waals surface area contributed by atoms with Crippen molar-refractivity contribution in [3.63, 3.8) is 0 Å². The minimum Gasteiger partial charge on any atom is -0.506 e. The molecule has 1 amide bonds. The lowest BCUT2D eigenvalue weighted by atomic mass is 9.82. The Morgan fingerprint density at radius 1 is 1.21 bits per heavy atom. The van der Waals surface area contributed by atoms with Gasteiger partial charge >= 0.3 is 0 Å². The first-order valence-corrected chi connectivity index (χ1v) is 9.96. The number of phenols is 1. The number of carbonyl (C=O) groups excluding carboxylic acids is 1. The Morgan fingerprint density at radius 3 is 2.50 bits per heavy atom. The molecule has 0 bridgehead atoms. The number of amides is 1. The van der Waals surface area contributed by atoms with E-state index >= 15 is 0 Å². The number of methoxy groups -OCH3 is 1. The van der Waals surface area contributed by atoms with Gasteiger partial charge in [-0.15, -0.1) is 0 Å². The van der Waals surface area contributed by atoms with Crippen LogP contribution in [0.2, 0.25) is 0 Å². The van der Waals surface area contributed by atoms with Crippen molar-refractivity contribution < 1.29 is 14.6 Å². The number of nitrogens with zero attached hydrogens (tertiary/aromatic N) is 2. The zero-order valence-corrected chi connectivity index (χ0v) is 17.3. The molecule has 0 aliphatic rings. The molecule has 3 N–H and O–H groups in total. The summed E-state index contributed by atoms with van der Waals surface area (Å²) in [5.41, 5.74) is 7.80. The fraction of sp³-hybridized carbons (Fsp3) is 0.286. The van der Waals surface area contributed by atoms with Crippen LogP contribution >= 0.6 is 11.8 Å². The van der Waals surface area contributed by atoms with E-state index in [1.165, 1.54) is 11.8 Å². The summed E-state index contributed by atoms with van der Waals surface area (Å²) in [5, 5.41) is 12.0. The fourth-order valence-corrected chi connectivity index (χ4v) is 3.54. The molecule has 7 heteroatoms. The maximum absolute atomic E-state index is 12.2. The third-order valence-corrected chi connectivity index (χ3v) is 5.07.